The molecule has 0 unspecified atom stereocenters. The van der Waals surface area contributed by atoms with Gasteiger partial charge in [-0.15, -0.1) is 0 Å². The summed E-state index contributed by atoms with van der Waals surface area (Å²) in [5, 5.41) is 4.24. The van der Waals surface area contributed by atoms with Crippen LogP contribution >= 0.6 is 0 Å². The number of hydrogen-bond acceptors (Lipinski definition) is 4. The Morgan fingerprint density at radius 2 is 2.44 bits per heavy atom. The molecule has 1 aliphatic heterocycles. The van der Waals surface area contributed by atoms with Gasteiger partial charge in [-0.25, -0.2) is 9.67 Å². The van der Waals surface area contributed by atoms with Crippen molar-refractivity contribution in [3.8, 4) is 0 Å². The predicted molar refractivity (Wildman–Crippen MR) is 62.8 cm³/mol. The monoisotopic (exact) mass is 223 g/mol. The molecule has 0 aliphatic carbocycles. The maximum absolute atomic E-state index is 5.97. The van der Waals surface area contributed by atoms with Crippen LogP contribution in [0.5, 0.6) is 0 Å². The lowest BCUT2D eigenvalue weighted by atomic mass is 10.1. The van der Waals surface area contributed by atoms with Crippen LogP contribution in [0.3, 0.4) is 0 Å². The minimum atomic E-state index is 0.330. The van der Waals surface area contributed by atoms with E-state index in [0.717, 1.165) is 44.8 Å². The van der Waals surface area contributed by atoms with Crippen LogP contribution in [0.2, 0.25) is 0 Å². The van der Waals surface area contributed by atoms with Crippen LogP contribution < -0.4 is 5.73 Å². The quantitative estimate of drug-likeness (QED) is 0.812. The molecule has 2 N–H and O–H groups in total. The Kier molecular flexibility index (Phi) is 3.90. The number of piperidine rings is 1. The predicted octanol–water partition coefficient (Wildman–Crippen LogP) is 0.611. The van der Waals surface area contributed by atoms with Crippen LogP contribution in [-0.2, 0) is 13.1 Å². The normalized spacial score (nSPS) is 22.5. The fourth-order valence-electron chi connectivity index (χ4n) is 2.24. The Balaban J connectivity index is 1.94. The van der Waals surface area contributed by atoms with E-state index in [0.29, 0.717) is 6.04 Å². The molecule has 2 heterocycles. The molecule has 1 saturated heterocycles. The van der Waals surface area contributed by atoms with Crippen molar-refractivity contribution in [2.45, 2.75) is 45.3 Å². The largest absolute Gasteiger partial charge is 0.327 e. The third-order valence-electron chi connectivity index (χ3n) is 3.04. The third kappa shape index (κ3) is 2.80. The molecule has 0 spiro atoms. The first-order chi connectivity index (χ1) is 7.79. The highest BCUT2D eigenvalue weighted by molar-refractivity contribution is 4.87. The lowest BCUT2D eigenvalue weighted by Crippen LogP contribution is -2.42. The molecule has 1 atom stereocenters. The third-order valence-corrected chi connectivity index (χ3v) is 3.04. The summed E-state index contributed by atoms with van der Waals surface area (Å²) in [5.74, 6) is 1.07. The van der Waals surface area contributed by atoms with Crippen molar-refractivity contribution in [2.75, 3.05) is 13.1 Å². The van der Waals surface area contributed by atoms with Crippen molar-refractivity contribution in [3.63, 3.8) is 0 Å². The van der Waals surface area contributed by atoms with Gasteiger partial charge in [0.2, 0.25) is 0 Å². The van der Waals surface area contributed by atoms with Crippen LogP contribution in [0.1, 0.15) is 32.0 Å². The first-order valence-electron chi connectivity index (χ1n) is 6.14. The fourth-order valence-corrected chi connectivity index (χ4v) is 2.24. The zero-order valence-corrected chi connectivity index (χ0v) is 9.97. The summed E-state index contributed by atoms with van der Waals surface area (Å²) in [6.07, 6.45) is 5.09. The number of nitrogens with two attached hydrogens (primary N) is 1. The van der Waals surface area contributed by atoms with Gasteiger partial charge in [0.05, 0.1) is 6.54 Å². The average Bonchev–Trinajstić information content (AvgIpc) is 2.66. The Labute approximate surface area is 96.6 Å². The van der Waals surface area contributed by atoms with E-state index in [1.165, 1.54) is 6.42 Å². The molecule has 0 saturated carbocycles. The highest BCUT2D eigenvalue weighted by atomic mass is 15.3. The van der Waals surface area contributed by atoms with Crippen LogP contribution in [-0.4, -0.2) is 38.8 Å². The zero-order chi connectivity index (χ0) is 11.4. The molecule has 5 nitrogen and oxygen atoms in total. The van der Waals surface area contributed by atoms with E-state index in [1.54, 1.807) is 6.33 Å². The van der Waals surface area contributed by atoms with Crippen LogP contribution in [0.15, 0.2) is 6.33 Å². The smallest absolute Gasteiger partial charge is 0.141 e. The number of rotatable bonds is 4. The van der Waals surface area contributed by atoms with Gasteiger partial charge >= 0.3 is 0 Å². The molecule has 1 aliphatic rings. The number of aryl methyl sites for hydroxylation is 1. The molecule has 0 radical (unpaired) electrons. The van der Waals surface area contributed by atoms with Crippen molar-refractivity contribution < 1.29 is 0 Å². The summed E-state index contributed by atoms with van der Waals surface area (Å²) in [6, 6.07) is 0.330. The van der Waals surface area contributed by atoms with Gasteiger partial charge in [0.25, 0.3) is 0 Å². The van der Waals surface area contributed by atoms with Crippen LogP contribution in [0, 0.1) is 0 Å². The van der Waals surface area contributed by atoms with Crippen molar-refractivity contribution in [1.82, 2.24) is 19.7 Å². The molecule has 0 bridgehead atoms. The Bertz CT molecular complexity index is 322. The second-order valence-corrected chi connectivity index (χ2v) is 4.54. The molecule has 5 heteroatoms. The molecule has 16 heavy (non-hydrogen) atoms. The standard InChI is InChI=1S/C11H21N5/c1-2-5-16-11(13-9-14-16)8-15-6-3-4-10(12)7-15/h9-10H,2-8,12H2,1H3/t10-/m1/s1. The SMILES string of the molecule is CCCn1ncnc1CN1CCC[C@@H](N)C1. The van der Waals surface area contributed by atoms with Crippen LogP contribution in [0.25, 0.3) is 0 Å². The summed E-state index contributed by atoms with van der Waals surface area (Å²) in [4.78, 5) is 6.70. The maximum atomic E-state index is 5.97. The molecule has 2 rings (SSSR count). The van der Waals surface area contributed by atoms with E-state index < -0.39 is 0 Å². The van der Waals surface area contributed by atoms with E-state index in [2.05, 4.69) is 21.9 Å². The number of aromatic nitrogens is 3. The lowest BCUT2D eigenvalue weighted by molar-refractivity contribution is 0.194. The fraction of sp³-hybridized carbons (Fsp3) is 0.818. The summed E-state index contributed by atoms with van der Waals surface area (Å²) >= 11 is 0. The molecule has 1 fully saturated rings. The topological polar surface area (TPSA) is 60.0 Å². The molecule has 1 aromatic rings. The highest BCUT2D eigenvalue weighted by Crippen LogP contribution is 2.11. The van der Waals surface area contributed by atoms with Crippen molar-refractivity contribution in [2.24, 2.45) is 5.73 Å². The zero-order valence-electron chi connectivity index (χ0n) is 9.97. The summed E-state index contributed by atoms with van der Waals surface area (Å²) in [6.45, 7) is 6.11. The number of nitrogens with zero attached hydrogens (tertiary/aromatic N) is 4. The minimum absolute atomic E-state index is 0.330. The Hall–Kier alpha value is -0.940. The Morgan fingerprint density at radius 1 is 1.56 bits per heavy atom. The average molecular weight is 223 g/mol. The molecule has 1 aromatic heterocycles. The van der Waals surface area contributed by atoms with E-state index in [-0.39, 0.29) is 0 Å². The van der Waals surface area contributed by atoms with Crippen LogP contribution in [0.4, 0.5) is 0 Å². The molecule has 90 valence electrons. The van der Waals surface area contributed by atoms with Gasteiger partial charge in [0, 0.05) is 19.1 Å². The maximum Gasteiger partial charge on any atom is 0.141 e. The van der Waals surface area contributed by atoms with Crippen molar-refractivity contribution >= 4 is 0 Å². The molecular weight excluding hydrogens is 202 g/mol. The second kappa shape index (κ2) is 5.41. The van der Waals surface area contributed by atoms with Crippen molar-refractivity contribution in [1.29, 1.82) is 0 Å². The van der Waals surface area contributed by atoms with E-state index in [9.17, 15) is 0 Å². The summed E-state index contributed by atoms with van der Waals surface area (Å²) in [5.41, 5.74) is 5.97. The Morgan fingerprint density at radius 3 is 3.19 bits per heavy atom. The highest BCUT2D eigenvalue weighted by Gasteiger charge is 2.18. The van der Waals surface area contributed by atoms with Gasteiger partial charge in [0.15, 0.2) is 0 Å². The van der Waals surface area contributed by atoms with Crippen molar-refractivity contribution in [3.05, 3.63) is 12.2 Å². The van der Waals surface area contributed by atoms with E-state index in [4.69, 9.17) is 5.73 Å². The molecule has 0 amide bonds. The molecular formula is C11H21N5. The van der Waals surface area contributed by atoms with Gasteiger partial charge in [0.1, 0.15) is 12.2 Å². The van der Waals surface area contributed by atoms with E-state index in [1.807, 2.05) is 4.68 Å². The van der Waals surface area contributed by atoms with Gasteiger partial charge in [-0.3, -0.25) is 4.90 Å². The minimum Gasteiger partial charge on any atom is -0.327 e. The van der Waals surface area contributed by atoms with Gasteiger partial charge in [-0.05, 0) is 25.8 Å². The summed E-state index contributed by atoms with van der Waals surface area (Å²) in [7, 11) is 0. The van der Waals surface area contributed by atoms with E-state index >= 15 is 0 Å². The lowest BCUT2D eigenvalue weighted by Gasteiger charge is -2.30. The van der Waals surface area contributed by atoms with Gasteiger partial charge < -0.3 is 5.73 Å². The first-order valence-corrected chi connectivity index (χ1v) is 6.14. The van der Waals surface area contributed by atoms with Gasteiger partial charge in [-0.1, -0.05) is 6.92 Å². The molecule has 0 aromatic carbocycles. The number of likely N-dealkylation sites (tertiary alicyclic amines) is 1. The first kappa shape index (κ1) is 11.5. The second-order valence-electron chi connectivity index (χ2n) is 4.54. The number of hydrogen-bond donors (Lipinski definition) is 1. The van der Waals surface area contributed by atoms with Gasteiger partial charge in [-0.2, -0.15) is 5.10 Å². The summed E-state index contributed by atoms with van der Waals surface area (Å²) < 4.78 is 2.00.